The molecule has 0 spiro atoms. The van der Waals surface area contributed by atoms with Gasteiger partial charge >= 0.3 is 0 Å². The van der Waals surface area contributed by atoms with E-state index in [0.717, 1.165) is 6.26 Å². The summed E-state index contributed by atoms with van der Waals surface area (Å²) in [6.45, 7) is 1.97. The van der Waals surface area contributed by atoms with Crippen molar-refractivity contribution >= 4 is 10.1 Å². The summed E-state index contributed by atoms with van der Waals surface area (Å²) in [6.07, 6.45) is 1.58. The van der Waals surface area contributed by atoms with Gasteiger partial charge in [0, 0.05) is 6.04 Å². The molecule has 0 aromatic rings. The standard InChI is InChI=1S/C5H13NO3S/c1-5(6)3-4-9-10(2,7)8/h5H,3-4,6H2,1-2H3. The van der Waals surface area contributed by atoms with Crippen LogP contribution in [0.15, 0.2) is 0 Å². The number of hydrogen-bond acceptors (Lipinski definition) is 4. The van der Waals surface area contributed by atoms with Gasteiger partial charge in [0.05, 0.1) is 12.9 Å². The van der Waals surface area contributed by atoms with Crippen LogP contribution in [-0.4, -0.2) is 27.3 Å². The van der Waals surface area contributed by atoms with Gasteiger partial charge < -0.3 is 5.73 Å². The molecule has 0 rings (SSSR count). The summed E-state index contributed by atoms with van der Waals surface area (Å²) in [5.74, 6) is 0. The van der Waals surface area contributed by atoms with Crippen molar-refractivity contribution in [1.82, 2.24) is 0 Å². The maximum absolute atomic E-state index is 10.3. The Bertz CT molecular complexity index is 173. The summed E-state index contributed by atoms with van der Waals surface area (Å²) in [5.41, 5.74) is 5.35. The van der Waals surface area contributed by atoms with E-state index in [2.05, 4.69) is 4.18 Å². The maximum atomic E-state index is 10.3. The van der Waals surface area contributed by atoms with Crippen molar-refractivity contribution in [2.45, 2.75) is 19.4 Å². The zero-order valence-corrected chi connectivity index (χ0v) is 7.02. The second kappa shape index (κ2) is 3.90. The average molecular weight is 167 g/mol. The highest BCUT2D eigenvalue weighted by Crippen LogP contribution is 1.91. The summed E-state index contributed by atoms with van der Waals surface area (Å²) >= 11 is 0. The normalized spacial score (nSPS) is 15.1. The largest absolute Gasteiger partial charge is 0.328 e. The monoisotopic (exact) mass is 167 g/mol. The minimum Gasteiger partial charge on any atom is -0.328 e. The Morgan fingerprint density at radius 3 is 2.40 bits per heavy atom. The maximum Gasteiger partial charge on any atom is 0.264 e. The van der Waals surface area contributed by atoms with E-state index in [-0.39, 0.29) is 12.6 Å². The van der Waals surface area contributed by atoms with Crippen LogP contribution in [0.5, 0.6) is 0 Å². The van der Waals surface area contributed by atoms with Gasteiger partial charge in [-0.2, -0.15) is 8.42 Å². The minimum absolute atomic E-state index is 0.0123. The molecule has 0 aliphatic carbocycles. The third-order valence-electron chi connectivity index (χ3n) is 0.871. The Morgan fingerprint density at radius 1 is 1.60 bits per heavy atom. The van der Waals surface area contributed by atoms with Gasteiger partial charge in [0.25, 0.3) is 10.1 Å². The van der Waals surface area contributed by atoms with Crippen LogP contribution in [-0.2, 0) is 14.3 Å². The quantitative estimate of drug-likeness (QED) is 0.584. The van der Waals surface area contributed by atoms with E-state index in [1.165, 1.54) is 0 Å². The van der Waals surface area contributed by atoms with Crippen molar-refractivity contribution in [1.29, 1.82) is 0 Å². The molecule has 0 aliphatic rings. The van der Waals surface area contributed by atoms with E-state index in [0.29, 0.717) is 6.42 Å². The molecule has 0 saturated carbocycles. The van der Waals surface area contributed by atoms with Crippen LogP contribution >= 0.6 is 0 Å². The zero-order chi connectivity index (χ0) is 8.20. The van der Waals surface area contributed by atoms with Crippen LogP contribution in [0.4, 0.5) is 0 Å². The van der Waals surface area contributed by atoms with Gasteiger partial charge in [-0.25, -0.2) is 0 Å². The topological polar surface area (TPSA) is 69.4 Å². The SMILES string of the molecule is CC(N)CCOS(C)(=O)=O. The number of rotatable bonds is 4. The summed E-state index contributed by atoms with van der Waals surface area (Å²) in [4.78, 5) is 0. The molecule has 0 saturated heterocycles. The predicted molar refractivity (Wildman–Crippen MR) is 39.1 cm³/mol. The summed E-state index contributed by atoms with van der Waals surface area (Å²) < 4.78 is 25.1. The average Bonchev–Trinajstić information content (AvgIpc) is 1.59. The van der Waals surface area contributed by atoms with E-state index in [9.17, 15) is 8.42 Å². The van der Waals surface area contributed by atoms with Gasteiger partial charge in [-0.3, -0.25) is 4.18 Å². The van der Waals surface area contributed by atoms with E-state index in [1.807, 2.05) is 0 Å². The smallest absolute Gasteiger partial charge is 0.264 e. The molecular formula is C5H13NO3S. The van der Waals surface area contributed by atoms with Crippen molar-refractivity contribution in [3.05, 3.63) is 0 Å². The lowest BCUT2D eigenvalue weighted by Gasteiger charge is -2.03. The van der Waals surface area contributed by atoms with Gasteiger partial charge in [0.2, 0.25) is 0 Å². The molecule has 1 atom stereocenters. The van der Waals surface area contributed by atoms with Crippen LogP contribution in [0, 0.1) is 0 Å². The highest BCUT2D eigenvalue weighted by molar-refractivity contribution is 7.85. The minimum atomic E-state index is -3.28. The van der Waals surface area contributed by atoms with Crippen LogP contribution in [0.1, 0.15) is 13.3 Å². The van der Waals surface area contributed by atoms with Gasteiger partial charge in [0.1, 0.15) is 0 Å². The first kappa shape index (κ1) is 9.87. The van der Waals surface area contributed by atoms with Crippen LogP contribution in [0.3, 0.4) is 0 Å². The van der Waals surface area contributed by atoms with Crippen molar-refractivity contribution in [2.75, 3.05) is 12.9 Å². The Labute approximate surface area is 61.5 Å². The van der Waals surface area contributed by atoms with Gasteiger partial charge in [0.15, 0.2) is 0 Å². The highest BCUT2D eigenvalue weighted by Gasteiger charge is 2.01. The molecule has 10 heavy (non-hydrogen) atoms. The van der Waals surface area contributed by atoms with Crippen LogP contribution in [0.25, 0.3) is 0 Å². The molecule has 0 aromatic carbocycles. The molecule has 0 radical (unpaired) electrons. The van der Waals surface area contributed by atoms with E-state index in [4.69, 9.17) is 5.73 Å². The molecule has 0 aromatic heterocycles. The molecule has 1 unspecified atom stereocenters. The summed E-state index contributed by atoms with van der Waals surface area (Å²) in [7, 11) is -3.28. The molecule has 0 heterocycles. The molecule has 4 nitrogen and oxygen atoms in total. The fourth-order valence-electron chi connectivity index (χ4n) is 0.385. The fourth-order valence-corrected chi connectivity index (χ4v) is 0.784. The lowest BCUT2D eigenvalue weighted by Crippen LogP contribution is -2.18. The first-order valence-electron chi connectivity index (χ1n) is 3.02. The highest BCUT2D eigenvalue weighted by atomic mass is 32.2. The van der Waals surface area contributed by atoms with Crippen LogP contribution < -0.4 is 5.73 Å². The fraction of sp³-hybridized carbons (Fsp3) is 1.00. The molecular weight excluding hydrogens is 154 g/mol. The molecule has 5 heteroatoms. The Hall–Kier alpha value is -0.130. The number of hydrogen-bond donors (Lipinski definition) is 1. The summed E-state index contributed by atoms with van der Waals surface area (Å²) in [5, 5.41) is 0. The summed E-state index contributed by atoms with van der Waals surface area (Å²) in [6, 6.07) is -0.0123. The molecule has 0 aliphatic heterocycles. The lowest BCUT2D eigenvalue weighted by molar-refractivity contribution is 0.306. The number of nitrogens with two attached hydrogens (primary N) is 1. The Kier molecular flexibility index (Phi) is 3.85. The Balaban J connectivity index is 3.39. The van der Waals surface area contributed by atoms with Gasteiger partial charge in [-0.05, 0) is 13.3 Å². The molecule has 2 N–H and O–H groups in total. The third kappa shape index (κ3) is 7.87. The van der Waals surface area contributed by atoms with Crippen molar-refractivity contribution < 1.29 is 12.6 Å². The second-order valence-electron chi connectivity index (χ2n) is 2.29. The Morgan fingerprint density at radius 2 is 2.10 bits per heavy atom. The molecule has 0 amide bonds. The van der Waals surface area contributed by atoms with Gasteiger partial charge in [-0.15, -0.1) is 0 Å². The third-order valence-corrected chi connectivity index (χ3v) is 1.47. The van der Waals surface area contributed by atoms with E-state index >= 15 is 0 Å². The van der Waals surface area contributed by atoms with Gasteiger partial charge in [-0.1, -0.05) is 0 Å². The van der Waals surface area contributed by atoms with Crippen molar-refractivity contribution in [3.8, 4) is 0 Å². The first-order valence-corrected chi connectivity index (χ1v) is 4.83. The van der Waals surface area contributed by atoms with Crippen LogP contribution in [0.2, 0.25) is 0 Å². The molecule has 0 fully saturated rings. The molecule has 0 bridgehead atoms. The first-order chi connectivity index (χ1) is 4.42. The second-order valence-corrected chi connectivity index (χ2v) is 3.94. The van der Waals surface area contributed by atoms with E-state index < -0.39 is 10.1 Å². The predicted octanol–water partition coefficient (Wildman–Crippen LogP) is -0.300. The lowest BCUT2D eigenvalue weighted by atomic mass is 10.3. The van der Waals surface area contributed by atoms with Crippen molar-refractivity contribution in [2.24, 2.45) is 5.73 Å². The molecule has 62 valence electrons. The van der Waals surface area contributed by atoms with Crippen molar-refractivity contribution in [3.63, 3.8) is 0 Å². The van der Waals surface area contributed by atoms with E-state index in [1.54, 1.807) is 6.92 Å². The zero-order valence-electron chi connectivity index (χ0n) is 6.20.